The molecule has 0 spiro atoms. The van der Waals surface area contributed by atoms with Gasteiger partial charge in [0.15, 0.2) is 0 Å². The van der Waals surface area contributed by atoms with Gasteiger partial charge in [-0.2, -0.15) is 5.26 Å². The van der Waals surface area contributed by atoms with Crippen molar-refractivity contribution in [3.63, 3.8) is 0 Å². The van der Waals surface area contributed by atoms with Crippen LogP contribution in [0.4, 0.5) is 0 Å². The van der Waals surface area contributed by atoms with Crippen molar-refractivity contribution in [2.24, 2.45) is 0 Å². The highest BCUT2D eigenvalue weighted by molar-refractivity contribution is 9.10. The molecular weight excluding hydrogens is 218 g/mol. The second-order valence-corrected chi connectivity index (χ2v) is 3.52. The van der Waals surface area contributed by atoms with Crippen molar-refractivity contribution in [3.8, 4) is 6.07 Å². The third kappa shape index (κ3) is 1.36. The molecule has 1 aliphatic heterocycles. The molecule has 0 bridgehead atoms. The van der Waals surface area contributed by atoms with E-state index in [2.05, 4.69) is 22.0 Å². The van der Waals surface area contributed by atoms with Gasteiger partial charge in [-0.3, -0.25) is 0 Å². The Hall–Kier alpha value is -0.850. The average molecular weight is 224 g/mol. The fourth-order valence-corrected chi connectivity index (χ4v) is 1.59. The van der Waals surface area contributed by atoms with Gasteiger partial charge >= 0.3 is 0 Å². The van der Waals surface area contributed by atoms with Crippen LogP contribution in [-0.4, -0.2) is 6.61 Å². The molecule has 0 aliphatic carbocycles. The molecule has 2 nitrogen and oxygen atoms in total. The van der Waals surface area contributed by atoms with E-state index in [0.717, 1.165) is 16.6 Å². The fourth-order valence-electron chi connectivity index (χ4n) is 1.09. The molecule has 1 heterocycles. The van der Waals surface area contributed by atoms with E-state index in [-0.39, 0.29) is 6.10 Å². The van der Waals surface area contributed by atoms with Gasteiger partial charge in [-0.15, -0.1) is 0 Å². The zero-order chi connectivity index (χ0) is 8.55. The SMILES string of the molecule is N#Cc1ccc(Br)c([C@H]2CO2)c1. The summed E-state index contributed by atoms with van der Waals surface area (Å²) in [7, 11) is 0. The summed E-state index contributed by atoms with van der Waals surface area (Å²) >= 11 is 3.41. The molecule has 0 amide bonds. The minimum Gasteiger partial charge on any atom is -0.368 e. The van der Waals surface area contributed by atoms with Crippen molar-refractivity contribution < 1.29 is 4.74 Å². The van der Waals surface area contributed by atoms with Crippen LogP contribution in [0.3, 0.4) is 0 Å². The Morgan fingerprint density at radius 3 is 2.92 bits per heavy atom. The molecular formula is C9H6BrNO. The van der Waals surface area contributed by atoms with Gasteiger partial charge in [-0.05, 0) is 23.8 Å². The lowest BCUT2D eigenvalue weighted by molar-refractivity contribution is 0.415. The smallest absolute Gasteiger partial charge is 0.107 e. The van der Waals surface area contributed by atoms with Crippen molar-refractivity contribution in [3.05, 3.63) is 33.8 Å². The van der Waals surface area contributed by atoms with Crippen LogP contribution < -0.4 is 0 Å². The van der Waals surface area contributed by atoms with E-state index >= 15 is 0 Å². The molecule has 0 radical (unpaired) electrons. The summed E-state index contributed by atoms with van der Waals surface area (Å²) in [5.41, 5.74) is 1.76. The van der Waals surface area contributed by atoms with Gasteiger partial charge in [0.2, 0.25) is 0 Å². The quantitative estimate of drug-likeness (QED) is 0.686. The minimum absolute atomic E-state index is 0.202. The molecule has 12 heavy (non-hydrogen) atoms. The Kier molecular flexibility index (Phi) is 1.87. The predicted octanol–water partition coefficient (Wildman–Crippen LogP) is 2.39. The van der Waals surface area contributed by atoms with Crippen LogP contribution in [0, 0.1) is 11.3 Å². The summed E-state index contributed by atoms with van der Waals surface area (Å²) in [5, 5.41) is 8.65. The molecule has 1 aromatic rings. The first-order valence-corrected chi connectivity index (χ1v) is 4.41. The van der Waals surface area contributed by atoms with E-state index in [1.807, 2.05) is 12.1 Å². The van der Waals surface area contributed by atoms with Crippen LogP contribution in [0.5, 0.6) is 0 Å². The lowest BCUT2D eigenvalue weighted by atomic mass is 10.1. The van der Waals surface area contributed by atoms with Crippen molar-refractivity contribution in [2.75, 3.05) is 6.61 Å². The predicted molar refractivity (Wildman–Crippen MR) is 47.6 cm³/mol. The van der Waals surface area contributed by atoms with Gasteiger partial charge in [0, 0.05) is 4.47 Å². The number of epoxide rings is 1. The number of nitriles is 1. The topological polar surface area (TPSA) is 36.3 Å². The minimum atomic E-state index is 0.202. The van der Waals surface area contributed by atoms with Crippen LogP contribution in [0.2, 0.25) is 0 Å². The lowest BCUT2D eigenvalue weighted by Gasteiger charge is -1.99. The molecule has 0 N–H and O–H groups in total. The van der Waals surface area contributed by atoms with Crippen molar-refractivity contribution in [2.45, 2.75) is 6.10 Å². The molecule has 3 heteroatoms. The number of rotatable bonds is 1. The number of nitrogens with zero attached hydrogens (tertiary/aromatic N) is 1. The molecule has 1 atom stereocenters. The largest absolute Gasteiger partial charge is 0.368 e. The van der Waals surface area contributed by atoms with Crippen LogP contribution in [0.15, 0.2) is 22.7 Å². The number of hydrogen-bond acceptors (Lipinski definition) is 2. The van der Waals surface area contributed by atoms with E-state index in [0.29, 0.717) is 5.56 Å². The van der Waals surface area contributed by atoms with Crippen LogP contribution in [0.1, 0.15) is 17.2 Å². The summed E-state index contributed by atoms with van der Waals surface area (Å²) in [5.74, 6) is 0. The third-order valence-electron chi connectivity index (χ3n) is 1.81. The highest BCUT2D eigenvalue weighted by atomic mass is 79.9. The fraction of sp³-hybridized carbons (Fsp3) is 0.222. The zero-order valence-corrected chi connectivity index (χ0v) is 7.84. The highest BCUT2D eigenvalue weighted by Gasteiger charge is 2.26. The molecule has 0 unspecified atom stereocenters. The van der Waals surface area contributed by atoms with E-state index in [1.54, 1.807) is 6.07 Å². The molecule has 1 fully saturated rings. The maximum Gasteiger partial charge on any atom is 0.107 e. The number of halogens is 1. The Morgan fingerprint density at radius 2 is 2.33 bits per heavy atom. The van der Waals surface area contributed by atoms with Crippen molar-refractivity contribution in [1.29, 1.82) is 5.26 Å². The summed E-state index contributed by atoms with van der Waals surface area (Å²) in [6.45, 7) is 0.771. The Labute approximate surface area is 78.9 Å². The summed E-state index contributed by atoms with van der Waals surface area (Å²) in [6, 6.07) is 7.64. The second-order valence-electron chi connectivity index (χ2n) is 2.67. The summed E-state index contributed by atoms with van der Waals surface area (Å²) < 4.78 is 6.15. The van der Waals surface area contributed by atoms with Gasteiger partial charge in [-0.25, -0.2) is 0 Å². The van der Waals surface area contributed by atoms with Gasteiger partial charge in [0.25, 0.3) is 0 Å². The Balaban J connectivity index is 2.44. The van der Waals surface area contributed by atoms with Gasteiger partial charge in [-0.1, -0.05) is 15.9 Å². The molecule has 2 rings (SSSR count). The van der Waals surface area contributed by atoms with Crippen molar-refractivity contribution >= 4 is 15.9 Å². The zero-order valence-electron chi connectivity index (χ0n) is 6.25. The van der Waals surface area contributed by atoms with E-state index in [1.165, 1.54) is 0 Å². The van der Waals surface area contributed by atoms with Gasteiger partial charge in [0.05, 0.1) is 18.2 Å². The Morgan fingerprint density at radius 1 is 1.58 bits per heavy atom. The number of ether oxygens (including phenoxy) is 1. The van der Waals surface area contributed by atoms with E-state index < -0.39 is 0 Å². The molecule has 0 saturated carbocycles. The average Bonchev–Trinajstić information content (AvgIpc) is 2.88. The van der Waals surface area contributed by atoms with Gasteiger partial charge < -0.3 is 4.74 Å². The normalized spacial score (nSPS) is 20.2. The monoisotopic (exact) mass is 223 g/mol. The first-order chi connectivity index (χ1) is 5.81. The highest BCUT2D eigenvalue weighted by Crippen LogP contribution is 2.35. The molecule has 1 saturated heterocycles. The van der Waals surface area contributed by atoms with Crippen LogP contribution >= 0.6 is 15.9 Å². The maximum atomic E-state index is 8.65. The first kappa shape index (κ1) is 7.78. The summed E-state index contributed by atoms with van der Waals surface area (Å²) in [4.78, 5) is 0. The molecule has 1 aromatic carbocycles. The van der Waals surface area contributed by atoms with Gasteiger partial charge in [0.1, 0.15) is 6.10 Å². The lowest BCUT2D eigenvalue weighted by Crippen LogP contribution is -1.84. The first-order valence-electron chi connectivity index (χ1n) is 3.62. The molecule has 60 valence electrons. The Bertz CT molecular complexity index is 352. The van der Waals surface area contributed by atoms with E-state index in [4.69, 9.17) is 10.00 Å². The summed E-state index contributed by atoms with van der Waals surface area (Å²) in [6.07, 6.45) is 0.202. The number of hydrogen-bond donors (Lipinski definition) is 0. The molecule has 0 aromatic heterocycles. The van der Waals surface area contributed by atoms with Crippen molar-refractivity contribution in [1.82, 2.24) is 0 Å². The van der Waals surface area contributed by atoms with Crippen LogP contribution in [0.25, 0.3) is 0 Å². The third-order valence-corrected chi connectivity index (χ3v) is 2.53. The number of benzene rings is 1. The standard InChI is InChI=1S/C9H6BrNO/c10-8-2-1-6(4-11)3-7(8)9-5-12-9/h1-3,9H,5H2/t9-/m1/s1. The molecule has 1 aliphatic rings. The maximum absolute atomic E-state index is 8.65. The van der Waals surface area contributed by atoms with E-state index in [9.17, 15) is 0 Å². The van der Waals surface area contributed by atoms with Crippen LogP contribution in [-0.2, 0) is 4.74 Å². The second kappa shape index (κ2) is 2.89.